The molecule has 0 aliphatic carbocycles. The number of hydrogen-bond donors (Lipinski definition) is 2. The Labute approximate surface area is 148 Å². The summed E-state index contributed by atoms with van der Waals surface area (Å²) in [5.74, 6) is 0.0631. The zero-order chi connectivity index (χ0) is 18.3. The molecule has 1 aliphatic rings. The zero-order valence-corrected chi connectivity index (χ0v) is 13.9. The zero-order valence-electron chi connectivity index (χ0n) is 13.9. The van der Waals surface area contributed by atoms with Crippen LogP contribution in [0.25, 0.3) is 5.69 Å². The molecular formula is C19H16FN3O3. The molecule has 0 spiro atoms. The molecule has 132 valence electrons. The summed E-state index contributed by atoms with van der Waals surface area (Å²) in [6.45, 7) is 0. The lowest BCUT2D eigenvalue weighted by atomic mass is 9.89. The first-order valence-corrected chi connectivity index (χ1v) is 8.06. The first kappa shape index (κ1) is 16.1. The van der Waals surface area contributed by atoms with Crippen molar-refractivity contribution >= 4 is 11.7 Å². The largest absolute Gasteiger partial charge is 0.504 e. The van der Waals surface area contributed by atoms with Gasteiger partial charge in [0, 0.05) is 12.3 Å². The summed E-state index contributed by atoms with van der Waals surface area (Å²) in [5.41, 5.74) is 2.06. The van der Waals surface area contributed by atoms with E-state index in [-0.39, 0.29) is 29.8 Å². The van der Waals surface area contributed by atoms with Crippen LogP contribution in [0.4, 0.5) is 10.2 Å². The van der Waals surface area contributed by atoms with Crippen LogP contribution in [0.5, 0.6) is 11.5 Å². The predicted molar refractivity (Wildman–Crippen MR) is 93.3 cm³/mol. The summed E-state index contributed by atoms with van der Waals surface area (Å²) >= 11 is 0. The number of aromatic hydroxyl groups is 1. The maximum Gasteiger partial charge on any atom is 0.226 e. The van der Waals surface area contributed by atoms with Gasteiger partial charge in [0.05, 0.1) is 18.5 Å². The SMILES string of the molecule is COc1cc([C@H]2CC(=O)Nc3c2ncn3-c2cccc(F)c2)ccc1O. The van der Waals surface area contributed by atoms with Gasteiger partial charge in [-0.1, -0.05) is 12.1 Å². The summed E-state index contributed by atoms with van der Waals surface area (Å²) < 4.78 is 20.4. The number of anilines is 1. The third-order valence-electron chi connectivity index (χ3n) is 4.47. The molecule has 26 heavy (non-hydrogen) atoms. The molecule has 1 aromatic heterocycles. The molecule has 3 aromatic rings. The fourth-order valence-corrected chi connectivity index (χ4v) is 3.22. The molecule has 0 radical (unpaired) electrons. The second-order valence-electron chi connectivity index (χ2n) is 6.06. The highest BCUT2D eigenvalue weighted by atomic mass is 19.1. The number of methoxy groups -OCH3 is 1. The quantitative estimate of drug-likeness (QED) is 0.758. The van der Waals surface area contributed by atoms with E-state index in [0.29, 0.717) is 22.9 Å². The van der Waals surface area contributed by atoms with Crippen molar-refractivity contribution in [2.24, 2.45) is 0 Å². The molecule has 1 amide bonds. The van der Waals surface area contributed by atoms with Crippen LogP contribution in [0.1, 0.15) is 23.6 Å². The number of aromatic nitrogens is 2. The Bertz CT molecular complexity index is 999. The molecule has 2 N–H and O–H groups in total. The molecule has 0 saturated heterocycles. The average Bonchev–Trinajstić information content (AvgIpc) is 3.05. The van der Waals surface area contributed by atoms with Crippen LogP contribution in [0, 0.1) is 5.82 Å². The first-order chi connectivity index (χ1) is 12.6. The fraction of sp³-hybridized carbons (Fsp3) is 0.158. The number of phenols is 1. The van der Waals surface area contributed by atoms with E-state index < -0.39 is 0 Å². The molecule has 0 unspecified atom stereocenters. The molecular weight excluding hydrogens is 337 g/mol. The van der Waals surface area contributed by atoms with E-state index in [1.54, 1.807) is 35.2 Å². The van der Waals surface area contributed by atoms with Crippen LogP contribution in [0.15, 0.2) is 48.8 Å². The van der Waals surface area contributed by atoms with Gasteiger partial charge in [0.15, 0.2) is 11.5 Å². The van der Waals surface area contributed by atoms with Crippen LogP contribution in [-0.4, -0.2) is 27.7 Å². The van der Waals surface area contributed by atoms with Crippen molar-refractivity contribution in [2.75, 3.05) is 12.4 Å². The minimum absolute atomic E-state index is 0.0297. The molecule has 7 heteroatoms. The Morgan fingerprint density at radius 2 is 2.15 bits per heavy atom. The third-order valence-corrected chi connectivity index (χ3v) is 4.47. The van der Waals surface area contributed by atoms with Gasteiger partial charge in [0.25, 0.3) is 0 Å². The van der Waals surface area contributed by atoms with E-state index in [2.05, 4.69) is 10.3 Å². The maximum atomic E-state index is 13.6. The molecule has 0 bridgehead atoms. The summed E-state index contributed by atoms with van der Waals surface area (Å²) in [4.78, 5) is 16.7. The van der Waals surface area contributed by atoms with E-state index >= 15 is 0 Å². The van der Waals surface area contributed by atoms with Gasteiger partial charge in [0.2, 0.25) is 5.91 Å². The Morgan fingerprint density at radius 1 is 1.31 bits per heavy atom. The smallest absolute Gasteiger partial charge is 0.226 e. The Balaban J connectivity index is 1.81. The lowest BCUT2D eigenvalue weighted by Crippen LogP contribution is -2.24. The second-order valence-corrected chi connectivity index (χ2v) is 6.06. The Morgan fingerprint density at radius 3 is 2.92 bits per heavy atom. The molecule has 2 aromatic carbocycles. The van der Waals surface area contributed by atoms with Gasteiger partial charge in [-0.15, -0.1) is 0 Å². The number of fused-ring (bicyclic) bond motifs is 1. The highest BCUT2D eigenvalue weighted by molar-refractivity contribution is 5.94. The highest BCUT2D eigenvalue weighted by Crippen LogP contribution is 2.39. The van der Waals surface area contributed by atoms with Gasteiger partial charge in [-0.3, -0.25) is 9.36 Å². The van der Waals surface area contributed by atoms with Gasteiger partial charge in [0.1, 0.15) is 18.0 Å². The number of imidazole rings is 1. The molecule has 0 saturated carbocycles. The second kappa shape index (κ2) is 6.18. The minimum Gasteiger partial charge on any atom is -0.504 e. The van der Waals surface area contributed by atoms with E-state index in [9.17, 15) is 14.3 Å². The standard InChI is InChI=1S/C19H16FN3O3/c1-26-16-7-11(5-6-15(16)24)14-9-17(25)22-19-18(14)21-10-23(19)13-4-2-3-12(20)8-13/h2-8,10,14,24H,9H2,1H3,(H,22,25)/t14-/m1/s1. The molecule has 1 atom stereocenters. The van der Waals surface area contributed by atoms with Crippen molar-refractivity contribution < 1.29 is 19.0 Å². The minimum atomic E-state index is -0.369. The predicted octanol–water partition coefficient (Wildman–Crippen LogP) is 3.20. The lowest BCUT2D eigenvalue weighted by Gasteiger charge is -2.23. The number of nitrogens with one attached hydrogen (secondary N) is 1. The van der Waals surface area contributed by atoms with Crippen molar-refractivity contribution in [2.45, 2.75) is 12.3 Å². The van der Waals surface area contributed by atoms with E-state index in [4.69, 9.17) is 4.74 Å². The Kier molecular flexibility index (Phi) is 3.84. The van der Waals surface area contributed by atoms with Crippen LogP contribution in [0.3, 0.4) is 0 Å². The summed E-state index contributed by atoms with van der Waals surface area (Å²) in [5, 5.41) is 12.6. The van der Waals surface area contributed by atoms with Gasteiger partial charge >= 0.3 is 0 Å². The molecule has 2 heterocycles. The van der Waals surface area contributed by atoms with Crippen LogP contribution >= 0.6 is 0 Å². The normalized spacial score (nSPS) is 16.1. The molecule has 0 fully saturated rings. The average molecular weight is 353 g/mol. The van der Waals surface area contributed by atoms with Crippen LogP contribution in [-0.2, 0) is 4.79 Å². The van der Waals surface area contributed by atoms with Gasteiger partial charge in [-0.25, -0.2) is 9.37 Å². The lowest BCUT2D eigenvalue weighted by molar-refractivity contribution is -0.116. The molecule has 4 rings (SSSR count). The number of hydrogen-bond acceptors (Lipinski definition) is 4. The fourth-order valence-electron chi connectivity index (χ4n) is 3.22. The maximum absolute atomic E-state index is 13.6. The summed E-state index contributed by atoms with van der Waals surface area (Å²) in [6.07, 6.45) is 1.79. The van der Waals surface area contributed by atoms with E-state index in [1.807, 2.05) is 0 Å². The van der Waals surface area contributed by atoms with Crippen molar-refractivity contribution in [3.63, 3.8) is 0 Å². The summed E-state index contributed by atoms with van der Waals surface area (Å²) in [6, 6.07) is 11.0. The van der Waals surface area contributed by atoms with Crippen LogP contribution < -0.4 is 10.1 Å². The van der Waals surface area contributed by atoms with Gasteiger partial charge in [-0.05, 0) is 35.9 Å². The van der Waals surface area contributed by atoms with E-state index in [1.165, 1.54) is 25.3 Å². The van der Waals surface area contributed by atoms with E-state index in [0.717, 1.165) is 5.56 Å². The third kappa shape index (κ3) is 2.67. The number of phenolic OH excluding ortho intramolecular Hbond substituents is 1. The molecule has 6 nitrogen and oxygen atoms in total. The number of amides is 1. The number of halogens is 1. The van der Waals surface area contributed by atoms with Crippen LogP contribution in [0.2, 0.25) is 0 Å². The van der Waals surface area contributed by atoms with Crippen molar-refractivity contribution in [1.82, 2.24) is 9.55 Å². The number of carbonyl (C=O) groups excluding carboxylic acids is 1. The van der Waals surface area contributed by atoms with Gasteiger partial charge < -0.3 is 15.2 Å². The number of benzene rings is 2. The highest BCUT2D eigenvalue weighted by Gasteiger charge is 2.31. The van der Waals surface area contributed by atoms with Gasteiger partial charge in [-0.2, -0.15) is 0 Å². The monoisotopic (exact) mass is 353 g/mol. The number of rotatable bonds is 3. The van der Waals surface area contributed by atoms with Crippen molar-refractivity contribution in [1.29, 1.82) is 0 Å². The number of nitrogens with zero attached hydrogens (tertiary/aromatic N) is 2. The molecule has 1 aliphatic heterocycles. The number of ether oxygens (including phenoxy) is 1. The first-order valence-electron chi connectivity index (χ1n) is 8.06. The van der Waals surface area contributed by atoms with Crippen molar-refractivity contribution in [3.8, 4) is 17.2 Å². The topological polar surface area (TPSA) is 76.4 Å². The number of carbonyl (C=O) groups is 1. The summed E-state index contributed by atoms with van der Waals surface area (Å²) in [7, 11) is 1.47. The Hall–Kier alpha value is -3.35. The van der Waals surface area contributed by atoms with Crippen molar-refractivity contribution in [3.05, 3.63) is 65.9 Å².